The molecule has 0 radical (unpaired) electrons. The first-order chi connectivity index (χ1) is 9.95. The number of anilines is 1. The Balaban J connectivity index is 2.95. The summed E-state index contributed by atoms with van der Waals surface area (Å²) in [7, 11) is 0. The Morgan fingerprint density at radius 2 is 1.86 bits per heavy atom. The average molecular weight is 311 g/mol. The van der Waals surface area contributed by atoms with Gasteiger partial charge in [-0.25, -0.2) is 0 Å². The monoisotopic (exact) mass is 310 g/mol. The van der Waals surface area contributed by atoms with E-state index in [0.29, 0.717) is 12.1 Å². The highest BCUT2D eigenvalue weighted by molar-refractivity contribution is 6.30. The third-order valence-corrected chi connectivity index (χ3v) is 3.92. The molecule has 120 valence electrons. The zero-order chi connectivity index (χ0) is 15.8. The van der Waals surface area contributed by atoms with Crippen LogP contribution in [0.5, 0.6) is 0 Å². The van der Waals surface area contributed by atoms with Gasteiger partial charge in [0.1, 0.15) is 0 Å². The first-order valence-corrected chi connectivity index (χ1v) is 8.62. The van der Waals surface area contributed by atoms with E-state index in [-0.39, 0.29) is 0 Å². The minimum atomic E-state index is 0.484. The largest absolute Gasteiger partial charge is 0.369 e. The highest BCUT2D eigenvalue weighted by Gasteiger charge is 2.15. The lowest BCUT2D eigenvalue weighted by Crippen LogP contribution is -2.33. The Labute approximate surface area is 135 Å². The van der Waals surface area contributed by atoms with Gasteiger partial charge in [-0.05, 0) is 38.0 Å². The summed E-state index contributed by atoms with van der Waals surface area (Å²) in [5, 5.41) is 4.33. The first kappa shape index (κ1) is 18.3. The van der Waals surface area contributed by atoms with Crippen LogP contribution in [0, 0.1) is 0 Å². The molecule has 0 fully saturated rings. The van der Waals surface area contributed by atoms with E-state index in [1.165, 1.54) is 30.5 Å². The molecular formula is C18H31ClN2. The molecule has 0 bridgehead atoms. The molecule has 0 heterocycles. The maximum absolute atomic E-state index is 6.24. The van der Waals surface area contributed by atoms with Gasteiger partial charge in [0, 0.05) is 35.9 Å². The van der Waals surface area contributed by atoms with E-state index < -0.39 is 0 Å². The highest BCUT2D eigenvalue weighted by Crippen LogP contribution is 2.27. The maximum Gasteiger partial charge on any atom is 0.0429 e. The number of hydrogen-bond acceptors (Lipinski definition) is 2. The first-order valence-electron chi connectivity index (χ1n) is 8.24. The summed E-state index contributed by atoms with van der Waals surface area (Å²) in [5.74, 6) is 0. The lowest BCUT2D eigenvalue weighted by molar-refractivity contribution is 0.582. The van der Waals surface area contributed by atoms with Crippen LogP contribution in [0.4, 0.5) is 5.69 Å². The number of hydrogen-bond donors (Lipinski definition) is 1. The fourth-order valence-corrected chi connectivity index (χ4v) is 2.62. The summed E-state index contributed by atoms with van der Waals surface area (Å²) in [6, 6.07) is 7.24. The van der Waals surface area contributed by atoms with Gasteiger partial charge < -0.3 is 10.2 Å². The van der Waals surface area contributed by atoms with Gasteiger partial charge in [-0.15, -0.1) is 0 Å². The summed E-state index contributed by atoms with van der Waals surface area (Å²) in [6.45, 7) is 13.1. The van der Waals surface area contributed by atoms with Crippen LogP contribution in [0.25, 0.3) is 0 Å². The van der Waals surface area contributed by atoms with Crippen LogP contribution in [0.2, 0.25) is 5.02 Å². The van der Waals surface area contributed by atoms with E-state index in [4.69, 9.17) is 11.6 Å². The van der Waals surface area contributed by atoms with Crippen LogP contribution < -0.4 is 10.2 Å². The molecule has 0 spiro atoms. The Morgan fingerprint density at radius 1 is 1.14 bits per heavy atom. The van der Waals surface area contributed by atoms with Gasteiger partial charge in [0.2, 0.25) is 0 Å². The number of nitrogens with one attached hydrogen (secondary N) is 1. The minimum absolute atomic E-state index is 0.484. The van der Waals surface area contributed by atoms with Gasteiger partial charge in [0.25, 0.3) is 0 Å². The van der Waals surface area contributed by atoms with Gasteiger partial charge in [0.05, 0.1) is 0 Å². The smallest absolute Gasteiger partial charge is 0.0429 e. The van der Waals surface area contributed by atoms with Gasteiger partial charge in [0.15, 0.2) is 0 Å². The summed E-state index contributed by atoms with van der Waals surface area (Å²) in [6.07, 6.45) is 3.77. The molecule has 0 amide bonds. The molecular weight excluding hydrogens is 280 g/mol. The molecule has 0 saturated carbocycles. The number of halogens is 1. The van der Waals surface area contributed by atoms with Gasteiger partial charge in [-0.1, -0.05) is 51.3 Å². The van der Waals surface area contributed by atoms with Gasteiger partial charge >= 0.3 is 0 Å². The van der Waals surface area contributed by atoms with Crippen molar-refractivity contribution in [2.75, 3.05) is 11.4 Å². The van der Waals surface area contributed by atoms with Gasteiger partial charge in [-0.3, -0.25) is 0 Å². The molecule has 0 saturated heterocycles. The quantitative estimate of drug-likeness (QED) is 0.627. The highest BCUT2D eigenvalue weighted by atomic mass is 35.5. The molecule has 1 N–H and O–H groups in total. The molecule has 3 heteroatoms. The minimum Gasteiger partial charge on any atom is -0.369 e. The number of benzene rings is 1. The normalized spacial score (nSPS) is 11.4. The van der Waals surface area contributed by atoms with E-state index in [1.54, 1.807) is 0 Å². The summed E-state index contributed by atoms with van der Waals surface area (Å²) >= 11 is 6.24. The summed E-state index contributed by atoms with van der Waals surface area (Å²) in [4.78, 5) is 2.48. The van der Waals surface area contributed by atoms with Crippen molar-refractivity contribution in [3.8, 4) is 0 Å². The zero-order valence-electron chi connectivity index (χ0n) is 14.2. The third kappa shape index (κ3) is 6.27. The van der Waals surface area contributed by atoms with Gasteiger partial charge in [-0.2, -0.15) is 0 Å². The molecule has 0 aliphatic rings. The molecule has 0 unspecified atom stereocenters. The van der Waals surface area contributed by atoms with Crippen LogP contribution in [0.3, 0.4) is 0 Å². The third-order valence-electron chi connectivity index (χ3n) is 3.68. The summed E-state index contributed by atoms with van der Waals surface area (Å²) < 4.78 is 0. The standard InChI is InChI=1S/C18H31ClN2/c1-6-7-8-11-21(15(4)5)18-12-17(19)10-9-16(18)13-20-14(2)3/h9-10,12,14-15,20H,6-8,11,13H2,1-5H3. The van der Waals surface area contributed by atoms with Crippen LogP contribution in [-0.2, 0) is 6.54 Å². The number of unbranched alkanes of at least 4 members (excludes halogenated alkanes) is 2. The average Bonchev–Trinajstić information content (AvgIpc) is 2.41. The van der Waals surface area contributed by atoms with Crippen LogP contribution in [0.15, 0.2) is 18.2 Å². The van der Waals surface area contributed by atoms with E-state index in [1.807, 2.05) is 6.07 Å². The lowest BCUT2D eigenvalue weighted by Gasteiger charge is -2.31. The predicted molar refractivity (Wildman–Crippen MR) is 95.4 cm³/mol. The van der Waals surface area contributed by atoms with Crippen molar-refractivity contribution in [2.24, 2.45) is 0 Å². The van der Waals surface area contributed by atoms with Crippen molar-refractivity contribution >= 4 is 17.3 Å². The van der Waals surface area contributed by atoms with E-state index >= 15 is 0 Å². The van der Waals surface area contributed by atoms with E-state index in [2.05, 4.69) is 57.0 Å². The molecule has 1 aromatic carbocycles. The second-order valence-corrected chi connectivity index (χ2v) is 6.74. The van der Waals surface area contributed by atoms with Crippen molar-refractivity contribution < 1.29 is 0 Å². The number of rotatable bonds is 9. The lowest BCUT2D eigenvalue weighted by atomic mass is 10.1. The fourth-order valence-electron chi connectivity index (χ4n) is 2.46. The van der Waals surface area contributed by atoms with Crippen molar-refractivity contribution in [3.63, 3.8) is 0 Å². The van der Waals surface area contributed by atoms with Crippen LogP contribution in [-0.4, -0.2) is 18.6 Å². The molecule has 1 rings (SSSR count). The topological polar surface area (TPSA) is 15.3 Å². The van der Waals surface area contributed by atoms with Crippen molar-refractivity contribution in [1.29, 1.82) is 0 Å². The Bertz CT molecular complexity index is 416. The number of nitrogens with zero attached hydrogens (tertiary/aromatic N) is 1. The Morgan fingerprint density at radius 3 is 2.43 bits per heavy atom. The van der Waals surface area contributed by atoms with E-state index in [0.717, 1.165) is 18.1 Å². The van der Waals surface area contributed by atoms with Crippen molar-refractivity contribution in [2.45, 2.75) is 72.5 Å². The van der Waals surface area contributed by atoms with Crippen LogP contribution >= 0.6 is 11.6 Å². The molecule has 0 aromatic heterocycles. The zero-order valence-corrected chi connectivity index (χ0v) is 15.0. The van der Waals surface area contributed by atoms with Crippen molar-refractivity contribution in [1.82, 2.24) is 5.32 Å². The summed E-state index contributed by atoms with van der Waals surface area (Å²) in [5.41, 5.74) is 2.61. The second kappa shape index (κ2) is 9.32. The molecule has 1 aromatic rings. The van der Waals surface area contributed by atoms with Crippen molar-refractivity contribution in [3.05, 3.63) is 28.8 Å². The fraction of sp³-hybridized carbons (Fsp3) is 0.667. The molecule has 0 aliphatic heterocycles. The SMILES string of the molecule is CCCCCN(c1cc(Cl)ccc1CNC(C)C)C(C)C. The Kier molecular flexibility index (Phi) is 8.13. The van der Waals surface area contributed by atoms with E-state index in [9.17, 15) is 0 Å². The molecule has 0 aliphatic carbocycles. The Hall–Kier alpha value is -0.730. The second-order valence-electron chi connectivity index (χ2n) is 6.30. The maximum atomic E-state index is 6.24. The molecule has 2 nitrogen and oxygen atoms in total. The predicted octanol–water partition coefficient (Wildman–Crippen LogP) is 5.24. The molecule has 0 atom stereocenters. The van der Waals surface area contributed by atoms with Crippen LogP contribution in [0.1, 0.15) is 59.4 Å². The molecule has 21 heavy (non-hydrogen) atoms.